The van der Waals surface area contributed by atoms with Gasteiger partial charge in [-0.05, 0) is 41.8 Å². The molecule has 0 aliphatic rings. The minimum absolute atomic E-state index is 0.0417. The van der Waals surface area contributed by atoms with Crippen LogP contribution in [0.25, 0.3) is 0 Å². The first kappa shape index (κ1) is 21.8. The van der Waals surface area contributed by atoms with Gasteiger partial charge >= 0.3 is 0 Å². The Balaban J connectivity index is 1.68. The molecule has 2 atom stereocenters. The predicted molar refractivity (Wildman–Crippen MR) is 117 cm³/mol. The van der Waals surface area contributed by atoms with Gasteiger partial charge in [-0.25, -0.2) is 0 Å². The van der Waals surface area contributed by atoms with Crippen molar-refractivity contribution in [1.29, 1.82) is 0 Å². The first-order valence-electron chi connectivity index (χ1n) is 10.2. The summed E-state index contributed by atoms with van der Waals surface area (Å²) in [5, 5.41) is 30.2. The summed E-state index contributed by atoms with van der Waals surface area (Å²) >= 11 is 0. The van der Waals surface area contributed by atoms with E-state index in [1.54, 1.807) is 12.1 Å². The van der Waals surface area contributed by atoms with E-state index < -0.39 is 6.10 Å². The first-order valence-corrected chi connectivity index (χ1v) is 10.2. The Labute approximate surface area is 177 Å². The molecule has 0 spiro atoms. The molecule has 3 aromatic rings. The molecule has 3 rings (SSSR count). The number of hydrogen-bond acceptors (Lipinski definition) is 5. The van der Waals surface area contributed by atoms with E-state index in [-0.39, 0.29) is 25.0 Å². The number of aromatic hydroxyl groups is 1. The number of aliphatic hydroxyl groups is 2. The van der Waals surface area contributed by atoms with E-state index in [2.05, 4.69) is 4.90 Å². The summed E-state index contributed by atoms with van der Waals surface area (Å²) in [5.74, 6) is 0.933. The van der Waals surface area contributed by atoms with Crippen LogP contribution in [0, 0.1) is 0 Å². The Morgan fingerprint density at radius 3 is 2.07 bits per heavy atom. The second-order valence-corrected chi connectivity index (χ2v) is 7.40. The van der Waals surface area contributed by atoms with Crippen LogP contribution in [0.3, 0.4) is 0 Å². The van der Waals surface area contributed by atoms with Crippen LogP contribution in [0.4, 0.5) is 0 Å². The van der Waals surface area contributed by atoms with Gasteiger partial charge in [0.25, 0.3) is 0 Å². The van der Waals surface area contributed by atoms with Crippen molar-refractivity contribution in [3.63, 3.8) is 0 Å². The second kappa shape index (κ2) is 11.4. The molecule has 0 saturated carbocycles. The third-order valence-corrected chi connectivity index (χ3v) is 4.99. The molecule has 0 fully saturated rings. The Kier molecular flexibility index (Phi) is 8.27. The Morgan fingerprint density at radius 1 is 0.800 bits per heavy atom. The van der Waals surface area contributed by atoms with E-state index in [0.717, 1.165) is 11.1 Å². The lowest BCUT2D eigenvalue weighted by molar-refractivity contribution is 0.0335. The van der Waals surface area contributed by atoms with Crippen LogP contribution < -0.4 is 4.74 Å². The summed E-state index contributed by atoms with van der Waals surface area (Å²) in [5.41, 5.74) is 2.12. The maximum absolute atomic E-state index is 10.6. The monoisotopic (exact) mass is 407 g/mol. The van der Waals surface area contributed by atoms with E-state index in [1.165, 1.54) is 0 Å². The molecule has 0 aliphatic carbocycles. The summed E-state index contributed by atoms with van der Waals surface area (Å²) in [6.07, 6.45) is -0.0987. The van der Waals surface area contributed by atoms with Gasteiger partial charge in [-0.15, -0.1) is 0 Å². The summed E-state index contributed by atoms with van der Waals surface area (Å²) in [6.45, 7) is 1.10. The number of benzene rings is 3. The summed E-state index contributed by atoms with van der Waals surface area (Å²) in [6, 6.07) is 26.2. The maximum Gasteiger partial charge on any atom is 0.119 e. The largest absolute Gasteiger partial charge is 0.508 e. The fourth-order valence-electron chi connectivity index (χ4n) is 3.41. The van der Waals surface area contributed by atoms with Crippen molar-refractivity contribution in [2.24, 2.45) is 0 Å². The van der Waals surface area contributed by atoms with Crippen molar-refractivity contribution in [3.8, 4) is 11.5 Å². The van der Waals surface area contributed by atoms with Crippen molar-refractivity contribution in [3.05, 3.63) is 96.1 Å². The van der Waals surface area contributed by atoms with Crippen LogP contribution in [0.2, 0.25) is 0 Å². The van der Waals surface area contributed by atoms with Gasteiger partial charge in [-0.3, -0.25) is 4.90 Å². The van der Waals surface area contributed by atoms with Crippen molar-refractivity contribution >= 4 is 0 Å². The van der Waals surface area contributed by atoms with Crippen LogP contribution in [-0.4, -0.2) is 52.1 Å². The standard InChI is InChI=1S/C25H29NO4/c27-18-22(15-20-11-13-23(28)14-12-20)26(16-21-7-3-1-4-8-21)17-24(29)19-30-25-9-5-2-6-10-25/h1-14,22,24,27-29H,15-19H2/t22-,24-/m0/s1. The molecule has 0 unspecified atom stereocenters. The highest BCUT2D eigenvalue weighted by Gasteiger charge is 2.22. The fourth-order valence-corrected chi connectivity index (χ4v) is 3.41. The van der Waals surface area contributed by atoms with Crippen LogP contribution in [0.5, 0.6) is 11.5 Å². The van der Waals surface area contributed by atoms with E-state index in [0.29, 0.717) is 25.3 Å². The molecule has 0 radical (unpaired) electrons. The predicted octanol–water partition coefficient (Wildman–Crippen LogP) is 3.24. The number of aliphatic hydroxyl groups excluding tert-OH is 2. The lowest BCUT2D eigenvalue weighted by Gasteiger charge is -2.32. The minimum atomic E-state index is -0.706. The van der Waals surface area contributed by atoms with Gasteiger partial charge < -0.3 is 20.1 Å². The molecular weight excluding hydrogens is 378 g/mol. The van der Waals surface area contributed by atoms with Gasteiger partial charge in [0.15, 0.2) is 0 Å². The van der Waals surface area contributed by atoms with Crippen molar-refractivity contribution in [2.75, 3.05) is 19.8 Å². The van der Waals surface area contributed by atoms with Gasteiger partial charge in [0.05, 0.1) is 6.61 Å². The van der Waals surface area contributed by atoms with Gasteiger partial charge in [-0.2, -0.15) is 0 Å². The van der Waals surface area contributed by atoms with E-state index in [1.807, 2.05) is 72.8 Å². The highest BCUT2D eigenvalue weighted by atomic mass is 16.5. The SMILES string of the molecule is OC[C@H](Cc1ccc(O)cc1)N(Cc1ccccc1)C[C@H](O)COc1ccccc1. The number of para-hydroxylation sites is 1. The zero-order valence-corrected chi connectivity index (χ0v) is 17.0. The molecule has 0 bridgehead atoms. The van der Waals surface area contributed by atoms with Gasteiger partial charge in [0, 0.05) is 19.1 Å². The Bertz CT molecular complexity index is 855. The average Bonchev–Trinajstić information content (AvgIpc) is 2.78. The quantitative estimate of drug-likeness (QED) is 0.455. The fraction of sp³-hybridized carbons (Fsp3) is 0.280. The third-order valence-electron chi connectivity index (χ3n) is 4.99. The Morgan fingerprint density at radius 2 is 1.43 bits per heavy atom. The van der Waals surface area contributed by atoms with Crippen LogP contribution in [0.1, 0.15) is 11.1 Å². The summed E-state index contributed by atoms with van der Waals surface area (Å²) < 4.78 is 5.70. The number of rotatable bonds is 11. The lowest BCUT2D eigenvalue weighted by atomic mass is 10.0. The van der Waals surface area contributed by atoms with E-state index in [4.69, 9.17) is 4.74 Å². The topological polar surface area (TPSA) is 73.2 Å². The van der Waals surface area contributed by atoms with Crippen LogP contribution in [-0.2, 0) is 13.0 Å². The number of hydrogen-bond donors (Lipinski definition) is 3. The van der Waals surface area contributed by atoms with Crippen molar-refractivity contribution in [2.45, 2.75) is 25.1 Å². The van der Waals surface area contributed by atoms with Gasteiger partial charge in [0.1, 0.15) is 24.2 Å². The van der Waals surface area contributed by atoms with E-state index in [9.17, 15) is 15.3 Å². The highest BCUT2D eigenvalue weighted by Crippen LogP contribution is 2.17. The number of phenols is 1. The van der Waals surface area contributed by atoms with Crippen LogP contribution in [0.15, 0.2) is 84.9 Å². The molecule has 0 saturated heterocycles. The van der Waals surface area contributed by atoms with E-state index >= 15 is 0 Å². The zero-order valence-electron chi connectivity index (χ0n) is 17.0. The van der Waals surface area contributed by atoms with Crippen LogP contribution >= 0.6 is 0 Å². The molecule has 5 heteroatoms. The van der Waals surface area contributed by atoms with Crippen molar-refractivity contribution < 1.29 is 20.1 Å². The summed E-state index contributed by atoms with van der Waals surface area (Å²) in [7, 11) is 0. The molecule has 0 aromatic heterocycles. The smallest absolute Gasteiger partial charge is 0.119 e. The molecule has 0 aliphatic heterocycles. The molecule has 158 valence electrons. The second-order valence-electron chi connectivity index (χ2n) is 7.40. The first-order chi connectivity index (χ1) is 14.6. The highest BCUT2D eigenvalue weighted by molar-refractivity contribution is 5.26. The molecule has 3 aromatic carbocycles. The molecule has 0 amide bonds. The molecular formula is C25H29NO4. The third kappa shape index (κ3) is 6.88. The lowest BCUT2D eigenvalue weighted by Crippen LogP contribution is -2.44. The number of nitrogens with zero attached hydrogens (tertiary/aromatic N) is 1. The maximum atomic E-state index is 10.6. The molecule has 3 N–H and O–H groups in total. The molecule has 0 heterocycles. The molecule has 30 heavy (non-hydrogen) atoms. The average molecular weight is 408 g/mol. The number of ether oxygens (including phenoxy) is 1. The summed E-state index contributed by atoms with van der Waals surface area (Å²) in [4.78, 5) is 2.08. The number of phenolic OH excluding ortho intramolecular Hbond substituents is 1. The minimum Gasteiger partial charge on any atom is -0.508 e. The van der Waals surface area contributed by atoms with Gasteiger partial charge in [-0.1, -0.05) is 60.7 Å². The Hall–Kier alpha value is -2.86. The normalized spacial score (nSPS) is 13.2. The van der Waals surface area contributed by atoms with Crippen molar-refractivity contribution in [1.82, 2.24) is 4.90 Å². The zero-order chi connectivity index (χ0) is 21.2. The van der Waals surface area contributed by atoms with Gasteiger partial charge in [0.2, 0.25) is 0 Å². The molecule has 5 nitrogen and oxygen atoms in total.